The number of methoxy groups -OCH3 is 2. The third kappa shape index (κ3) is 4.71. The van der Waals surface area contributed by atoms with Gasteiger partial charge in [0.25, 0.3) is 0 Å². The summed E-state index contributed by atoms with van der Waals surface area (Å²) in [5.41, 5.74) is 1.13. The first-order chi connectivity index (χ1) is 14.6. The molecule has 0 saturated carbocycles. The van der Waals surface area contributed by atoms with Crippen molar-refractivity contribution in [2.24, 2.45) is 0 Å². The van der Waals surface area contributed by atoms with E-state index >= 15 is 0 Å². The number of carbonyl (C=O) groups is 2. The zero-order valence-electron chi connectivity index (χ0n) is 16.5. The van der Waals surface area contributed by atoms with Crippen molar-refractivity contribution < 1.29 is 19.1 Å². The largest absolute Gasteiger partial charge is 0.496 e. The van der Waals surface area contributed by atoms with Crippen molar-refractivity contribution in [2.45, 2.75) is 11.7 Å². The number of thiophene rings is 1. The average Bonchev–Trinajstić information content (AvgIpc) is 3.39. The molecule has 0 unspecified atom stereocenters. The molecule has 0 fully saturated rings. The number of thioether (sulfide) groups is 1. The number of amides is 1. The number of aromatic nitrogens is 3. The first kappa shape index (κ1) is 21.6. The lowest BCUT2D eigenvalue weighted by molar-refractivity contribution is -0.113. The summed E-state index contributed by atoms with van der Waals surface area (Å²) in [7, 11) is 2.90. The second-order valence-electron chi connectivity index (χ2n) is 5.90. The topological polar surface area (TPSA) is 95.3 Å². The number of anilines is 1. The first-order valence-electron chi connectivity index (χ1n) is 8.85. The smallest absolute Gasteiger partial charge is 0.340 e. The van der Waals surface area contributed by atoms with Gasteiger partial charge in [0.15, 0.2) is 11.0 Å². The summed E-state index contributed by atoms with van der Waals surface area (Å²) in [4.78, 5) is 24.2. The summed E-state index contributed by atoms with van der Waals surface area (Å²) in [6, 6.07) is 9.13. The van der Waals surface area contributed by atoms with Crippen molar-refractivity contribution in [3.63, 3.8) is 0 Å². The van der Waals surface area contributed by atoms with Gasteiger partial charge in [0.05, 0.1) is 31.1 Å². The molecule has 3 aromatic rings. The van der Waals surface area contributed by atoms with Gasteiger partial charge in [0.2, 0.25) is 5.91 Å². The second kappa shape index (κ2) is 10.1. The number of nitrogens with zero attached hydrogens (tertiary/aromatic N) is 3. The highest BCUT2D eigenvalue weighted by Gasteiger charge is 2.19. The number of allylic oxidation sites excluding steroid dienone is 1. The predicted octanol–water partition coefficient (Wildman–Crippen LogP) is 3.72. The molecule has 8 nitrogen and oxygen atoms in total. The second-order valence-corrected chi connectivity index (χ2v) is 7.76. The van der Waals surface area contributed by atoms with Crippen molar-refractivity contribution in [1.29, 1.82) is 0 Å². The van der Waals surface area contributed by atoms with Crippen molar-refractivity contribution in [2.75, 3.05) is 25.3 Å². The fraction of sp³-hybridized carbons (Fsp3) is 0.200. The van der Waals surface area contributed by atoms with Gasteiger partial charge in [-0.3, -0.25) is 9.36 Å². The maximum atomic E-state index is 12.4. The van der Waals surface area contributed by atoms with Gasteiger partial charge >= 0.3 is 5.97 Å². The summed E-state index contributed by atoms with van der Waals surface area (Å²) < 4.78 is 12.0. The fourth-order valence-corrected chi connectivity index (χ4v) is 4.23. The molecule has 0 bridgehead atoms. The van der Waals surface area contributed by atoms with Crippen LogP contribution in [-0.4, -0.2) is 46.6 Å². The van der Waals surface area contributed by atoms with Crippen LogP contribution >= 0.6 is 23.1 Å². The number of hydrogen-bond donors (Lipinski definition) is 1. The molecular weight excluding hydrogens is 424 g/mol. The molecule has 3 rings (SSSR count). The first-order valence-corrected chi connectivity index (χ1v) is 10.7. The van der Waals surface area contributed by atoms with Crippen LogP contribution in [0.2, 0.25) is 0 Å². The molecule has 1 amide bonds. The molecule has 156 valence electrons. The lowest BCUT2D eigenvalue weighted by Gasteiger charge is -2.10. The van der Waals surface area contributed by atoms with Gasteiger partial charge in [-0.05, 0) is 23.6 Å². The minimum atomic E-state index is -0.494. The Hall–Kier alpha value is -3.11. The van der Waals surface area contributed by atoms with Gasteiger partial charge < -0.3 is 14.8 Å². The molecule has 0 atom stereocenters. The number of carbonyl (C=O) groups excluding carboxylic acids is 2. The monoisotopic (exact) mass is 444 g/mol. The molecule has 2 heterocycles. The Morgan fingerprint density at radius 3 is 2.80 bits per heavy atom. The molecule has 30 heavy (non-hydrogen) atoms. The molecule has 10 heteroatoms. The van der Waals surface area contributed by atoms with Gasteiger partial charge in [-0.25, -0.2) is 4.79 Å². The Balaban J connectivity index is 1.75. The zero-order chi connectivity index (χ0) is 21.5. The Kier molecular flexibility index (Phi) is 7.26. The van der Waals surface area contributed by atoms with Crippen LogP contribution < -0.4 is 10.1 Å². The Labute approximate surface area is 181 Å². The van der Waals surface area contributed by atoms with Gasteiger partial charge in [0.1, 0.15) is 10.8 Å². The van der Waals surface area contributed by atoms with Gasteiger partial charge in [0, 0.05) is 6.54 Å². The van der Waals surface area contributed by atoms with E-state index in [4.69, 9.17) is 9.47 Å². The average molecular weight is 445 g/mol. The normalized spacial score (nSPS) is 10.5. The summed E-state index contributed by atoms with van der Waals surface area (Å²) in [5, 5.41) is 14.0. The highest BCUT2D eigenvalue weighted by Crippen LogP contribution is 2.31. The van der Waals surface area contributed by atoms with Crippen LogP contribution in [0.5, 0.6) is 5.75 Å². The number of para-hydroxylation sites is 1. The number of benzene rings is 1. The molecule has 1 aromatic carbocycles. The highest BCUT2D eigenvalue weighted by molar-refractivity contribution is 7.99. The van der Waals surface area contributed by atoms with Crippen molar-refractivity contribution in [3.05, 3.63) is 53.9 Å². The molecule has 0 radical (unpaired) electrons. The molecule has 1 N–H and O–H groups in total. The number of rotatable bonds is 9. The molecule has 0 aliphatic rings. The van der Waals surface area contributed by atoms with Crippen LogP contribution in [0.15, 0.2) is 53.5 Å². The Bertz CT molecular complexity index is 1060. The third-order valence-electron chi connectivity index (χ3n) is 4.03. The number of nitrogens with one attached hydrogen (secondary N) is 1. The van der Waals surface area contributed by atoms with Crippen molar-refractivity contribution in [3.8, 4) is 17.1 Å². The van der Waals surface area contributed by atoms with E-state index in [0.717, 1.165) is 5.56 Å². The third-order valence-corrected chi connectivity index (χ3v) is 5.83. The van der Waals surface area contributed by atoms with E-state index in [1.165, 1.54) is 30.2 Å². The van der Waals surface area contributed by atoms with Crippen LogP contribution in [0.4, 0.5) is 5.00 Å². The number of ether oxygens (including phenoxy) is 2. The molecule has 0 saturated heterocycles. The minimum Gasteiger partial charge on any atom is -0.496 e. The number of esters is 1. The lowest BCUT2D eigenvalue weighted by Crippen LogP contribution is -2.16. The van der Waals surface area contributed by atoms with Crippen molar-refractivity contribution in [1.82, 2.24) is 14.8 Å². The summed E-state index contributed by atoms with van der Waals surface area (Å²) >= 11 is 2.50. The Morgan fingerprint density at radius 1 is 1.27 bits per heavy atom. The molecule has 0 aliphatic carbocycles. The van der Waals surface area contributed by atoms with Crippen LogP contribution in [0.25, 0.3) is 11.4 Å². The van der Waals surface area contributed by atoms with Gasteiger partial charge in [-0.2, -0.15) is 0 Å². The summed E-state index contributed by atoms with van der Waals surface area (Å²) in [6.45, 7) is 4.27. The maximum absolute atomic E-state index is 12.4. The fourth-order valence-electron chi connectivity index (χ4n) is 2.69. The van der Waals surface area contributed by atoms with E-state index in [-0.39, 0.29) is 11.7 Å². The SMILES string of the molecule is C=CCn1c(SCC(=O)Nc2sccc2C(=O)OC)nnc1-c1ccccc1OC. The summed E-state index contributed by atoms with van der Waals surface area (Å²) in [6.07, 6.45) is 1.74. The molecule has 0 aliphatic heterocycles. The van der Waals surface area contributed by atoms with Crippen LogP contribution in [-0.2, 0) is 16.1 Å². The van der Waals surface area contributed by atoms with Crippen LogP contribution in [0.3, 0.4) is 0 Å². The van der Waals surface area contributed by atoms with Crippen molar-refractivity contribution >= 4 is 40.0 Å². The van der Waals surface area contributed by atoms with E-state index in [0.29, 0.717) is 33.8 Å². The summed E-state index contributed by atoms with van der Waals surface area (Å²) in [5.74, 6) is 0.643. The van der Waals surface area contributed by atoms with E-state index < -0.39 is 5.97 Å². The standard InChI is InChI=1S/C20H20N4O4S2/c1-4-10-24-17(13-7-5-6-8-15(13)27-2)22-23-20(24)30-12-16(25)21-18-14(9-11-29-18)19(26)28-3/h4-9,11H,1,10,12H2,2-3H3,(H,21,25). The highest BCUT2D eigenvalue weighted by atomic mass is 32.2. The van der Waals surface area contributed by atoms with E-state index in [9.17, 15) is 9.59 Å². The quantitative estimate of drug-likeness (QED) is 0.305. The predicted molar refractivity (Wildman–Crippen MR) is 117 cm³/mol. The maximum Gasteiger partial charge on any atom is 0.340 e. The van der Waals surface area contributed by atoms with E-state index in [1.54, 1.807) is 24.6 Å². The van der Waals surface area contributed by atoms with Crippen LogP contribution in [0, 0.1) is 0 Å². The Morgan fingerprint density at radius 2 is 2.07 bits per heavy atom. The van der Waals surface area contributed by atoms with Gasteiger partial charge in [-0.15, -0.1) is 28.1 Å². The molecule has 2 aromatic heterocycles. The number of hydrogen-bond acceptors (Lipinski definition) is 8. The van der Waals surface area contributed by atoms with E-state index in [1.807, 2.05) is 28.8 Å². The zero-order valence-corrected chi connectivity index (χ0v) is 18.1. The van der Waals surface area contributed by atoms with E-state index in [2.05, 4.69) is 22.1 Å². The molecule has 0 spiro atoms. The lowest BCUT2D eigenvalue weighted by atomic mass is 10.2. The van der Waals surface area contributed by atoms with Gasteiger partial charge in [-0.1, -0.05) is 30.0 Å². The van der Waals surface area contributed by atoms with Crippen LogP contribution in [0.1, 0.15) is 10.4 Å². The minimum absolute atomic E-state index is 0.0969. The molecular formula is C20H20N4O4S2.